The van der Waals surface area contributed by atoms with Gasteiger partial charge >= 0.3 is 0 Å². The van der Waals surface area contributed by atoms with Crippen LogP contribution in [-0.4, -0.2) is 37.6 Å². The van der Waals surface area contributed by atoms with Gasteiger partial charge in [-0.15, -0.1) is 12.4 Å². The van der Waals surface area contributed by atoms with Crippen molar-refractivity contribution in [1.82, 2.24) is 4.90 Å². The molecule has 1 amide bonds. The number of nitrogens with zero attached hydrogens (tertiary/aromatic N) is 1. The summed E-state index contributed by atoms with van der Waals surface area (Å²) in [5.74, 6) is 0.853. The molecule has 2 N–H and O–H groups in total. The molecular weight excluding hydrogens is 336 g/mol. The van der Waals surface area contributed by atoms with Gasteiger partial charge in [-0.2, -0.15) is 0 Å². The zero-order chi connectivity index (χ0) is 17.4. The number of carbonyl (C=O) groups is 1. The Balaban J connectivity index is 0.00000312. The predicted molar refractivity (Wildman–Crippen MR) is 104 cm³/mol. The zero-order valence-electron chi connectivity index (χ0n) is 14.9. The highest BCUT2D eigenvalue weighted by atomic mass is 35.5. The van der Waals surface area contributed by atoms with Gasteiger partial charge in [0.15, 0.2) is 0 Å². The number of ether oxygens (including phenoxy) is 1. The maximum absolute atomic E-state index is 12.4. The number of methoxy groups -OCH3 is 1. The van der Waals surface area contributed by atoms with Gasteiger partial charge in [-0.3, -0.25) is 4.79 Å². The smallest absolute Gasteiger partial charge is 0.239 e. The molecule has 0 bridgehead atoms. The lowest BCUT2D eigenvalue weighted by Gasteiger charge is -2.21. The summed E-state index contributed by atoms with van der Waals surface area (Å²) >= 11 is 0. The van der Waals surface area contributed by atoms with Crippen LogP contribution in [0.4, 0.5) is 0 Å². The Bertz CT molecular complexity index is 632. The molecule has 0 aromatic heterocycles. The van der Waals surface area contributed by atoms with Crippen LogP contribution in [0.5, 0.6) is 5.75 Å². The number of benzene rings is 2. The van der Waals surface area contributed by atoms with Gasteiger partial charge in [0.2, 0.25) is 5.91 Å². The molecule has 5 heteroatoms. The van der Waals surface area contributed by atoms with E-state index in [1.165, 1.54) is 5.56 Å². The van der Waals surface area contributed by atoms with E-state index in [1.54, 1.807) is 12.0 Å². The number of amides is 1. The zero-order valence-corrected chi connectivity index (χ0v) is 15.7. The highest BCUT2D eigenvalue weighted by Crippen LogP contribution is 2.13. The maximum atomic E-state index is 12.4. The Morgan fingerprint density at radius 2 is 1.72 bits per heavy atom. The monoisotopic (exact) mass is 362 g/mol. The van der Waals surface area contributed by atoms with Gasteiger partial charge in [-0.05, 0) is 42.5 Å². The molecule has 0 aliphatic rings. The van der Waals surface area contributed by atoms with Crippen LogP contribution in [0.1, 0.15) is 17.5 Å². The predicted octanol–water partition coefficient (Wildman–Crippen LogP) is 3.08. The van der Waals surface area contributed by atoms with Crippen molar-refractivity contribution in [2.75, 3.05) is 20.7 Å². The van der Waals surface area contributed by atoms with Gasteiger partial charge in [0.25, 0.3) is 0 Å². The van der Waals surface area contributed by atoms with Crippen molar-refractivity contribution in [3.05, 3.63) is 65.7 Å². The summed E-state index contributed by atoms with van der Waals surface area (Å²) in [6, 6.07) is 17.4. The van der Waals surface area contributed by atoms with Crippen LogP contribution in [0.15, 0.2) is 54.6 Å². The Labute approximate surface area is 156 Å². The molecule has 0 unspecified atom stereocenters. The Hall–Kier alpha value is -2.04. The molecule has 2 aromatic rings. The Morgan fingerprint density at radius 3 is 2.32 bits per heavy atom. The van der Waals surface area contributed by atoms with E-state index in [4.69, 9.17) is 10.5 Å². The molecule has 0 aliphatic carbocycles. The fourth-order valence-electron chi connectivity index (χ4n) is 2.66. The van der Waals surface area contributed by atoms with Gasteiger partial charge in [-0.25, -0.2) is 0 Å². The SMILES string of the molecule is COc1ccc(CCCN(C)C(=O)[C@@H](N)Cc2ccccc2)cc1.Cl. The lowest BCUT2D eigenvalue weighted by molar-refractivity contribution is -0.131. The molecule has 2 rings (SSSR count). The molecule has 0 fully saturated rings. The standard InChI is InChI=1S/C20H26N2O2.ClH/c1-22(14-6-9-16-10-12-18(24-2)13-11-16)20(23)19(21)15-17-7-4-3-5-8-17;/h3-5,7-8,10-13,19H,6,9,14-15,21H2,1-2H3;1H/t19-;/m0./s1. The number of rotatable bonds is 8. The van der Waals surface area contributed by atoms with Crippen LogP contribution in [0.25, 0.3) is 0 Å². The third-order valence-electron chi connectivity index (χ3n) is 4.11. The fraction of sp³-hybridized carbons (Fsp3) is 0.350. The van der Waals surface area contributed by atoms with Crippen molar-refractivity contribution >= 4 is 18.3 Å². The number of nitrogens with two attached hydrogens (primary N) is 1. The van der Waals surface area contributed by atoms with Gasteiger partial charge < -0.3 is 15.4 Å². The third-order valence-corrected chi connectivity index (χ3v) is 4.11. The second kappa shape index (κ2) is 10.7. The van der Waals surface area contributed by atoms with E-state index in [0.29, 0.717) is 13.0 Å². The molecule has 0 saturated heterocycles. The number of hydrogen-bond acceptors (Lipinski definition) is 3. The van der Waals surface area contributed by atoms with E-state index in [2.05, 4.69) is 12.1 Å². The summed E-state index contributed by atoms with van der Waals surface area (Å²) in [6.45, 7) is 0.702. The molecular formula is C20H27ClN2O2. The third kappa shape index (κ3) is 6.77. The van der Waals surface area contributed by atoms with Crippen LogP contribution >= 0.6 is 12.4 Å². The van der Waals surface area contributed by atoms with Crippen LogP contribution in [0, 0.1) is 0 Å². The van der Waals surface area contributed by atoms with Crippen LogP contribution in [0.3, 0.4) is 0 Å². The topological polar surface area (TPSA) is 55.6 Å². The summed E-state index contributed by atoms with van der Waals surface area (Å²) in [5.41, 5.74) is 8.39. The highest BCUT2D eigenvalue weighted by Gasteiger charge is 2.18. The normalized spacial score (nSPS) is 11.3. The van der Waals surface area contributed by atoms with Crippen molar-refractivity contribution in [1.29, 1.82) is 0 Å². The lowest BCUT2D eigenvalue weighted by Crippen LogP contribution is -2.43. The first-order chi connectivity index (χ1) is 11.6. The van der Waals surface area contributed by atoms with E-state index in [9.17, 15) is 4.79 Å². The molecule has 1 atom stereocenters. The van der Waals surface area contributed by atoms with E-state index < -0.39 is 6.04 Å². The molecule has 136 valence electrons. The molecule has 0 heterocycles. The van der Waals surface area contributed by atoms with E-state index in [0.717, 1.165) is 24.2 Å². The first-order valence-electron chi connectivity index (χ1n) is 8.27. The quantitative estimate of drug-likeness (QED) is 0.785. The van der Waals surface area contributed by atoms with E-state index in [-0.39, 0.29) is 18.3 Å². The average molecular weight is 363 g/mol. The molecule has 2 aromatic carbocycles. The average Bonchev–Trinajstić information content (AvgIpc) is 2.62. The summed E-state index contributed by atoms with van der Waals surface area (Å²) in [5, 5.41) is 0. The number of hydrogen-bond donors (Lipinski definition) is 1. The fourth-order valence-corrected chi connectivity index (χ4v) is 2.66. The second-order valence-corrected chi connectivity index (χ2v) is 6.01. The van der Waals surface area contributed by atoms with Crippen LogP contribution < -0.4 is 10.5 Å². The minimum atomic E-state index is -0.488. The second-order valence-electron chi connectivity index (χ2n) is 6.01. The first-order valence-corrected chi connectivity index (χ1v) is 8.27. The number of aryl methyl sites for hydroxylation is 1. The van der Waals surface area contributed by atoms with Crippen molar-refractivity contribution in [2.45, 2.75) is 25.3 Å². The van der Waals surface area contributed by atoms with Gasteiger partial charge in [-0.1, -0.05) is 42.5 Å². The molecule has 4 nitrogen and oxygen atoms in total. The number of likely N-dealkylation sites (N-methyl/N-ethyl adjacent to an activating group) is 1. The van der Waals surface area contributed by atoms with Crippen molar-refractivity contribution in [3.63, 3.8) is 0 Å². The highest BCUT2D eigenvalue weighted by molar-refractivity contribution is 5.85. The van der Waals surface area contributed by atoms with Crippen molar-refractivity contribution in [3.8, 4) is 5.75 Å². The van der Waals surface area contributed by atoms with Gasteiger partial charge in [0.05, 0.1) is 13.2 Å². The van der Waals surface area contributed by atoms with Crippen LogP contribution in [0.2, 0.25) is 0 Å². The largest absolute Gasteiger partial charge is 0.497 e. The first kappa shape index (κ1) is 21.0. The van der Waals surface area contributed by atoms with Gasteiger partial charge in [0.1, 0.15) is 5.75 Å². The van der Waals surface area contributed by atoms with Crippen LogP contribution in [-0.2, 0) is 17.6 Å². The van der Waals surface area contributed by atoms with Crippen molar-refractivity contribution in [2.24, 2.45) is 5.73 Å². The summed E-state index contributed by atoms with van der Waals surface area (Å²) in [4.78, 5) is 14.1. The summed E-state index contributed by atoms with van der Waals surface area (Å²) in [7, 11) is 3.48. The lowest BCUT2D eigenvalue weighted by atomic mass is 10.1. The number of halogens is 1. The molecule has 25 heavy (non-hydrogen) atoms. The molecule has 0 saturated carbocycles. The minimum Gasteiger partial charge on any atom is -0.497 e. The maximum Gasteiger partial charge on any atom is 0.239 e. The number of carbonyl (C=O) groups excluding carboxylic acids is 1. The summed E-state index contributed by atoms with van der Waals surface area (Å²) in [6.07, 6.45) is 2.41. The Morgan fingerprint density at radius 1 is 1.08 bits per heavy atom. The molecule has 0 radical (unpaired) electrons. The Kier molecular flexibility index (Phi) is 9.03. The molecule has 0 aliphatic heterocycles. The molecule has 0 spiro atoms. The van der Waals surface area contributed by atoms with Crippen molar-refractivity contribution < 1.29 is 9.53 Å². The van der Waals surface area contributed by atoms with Gasteiger partial charge in [0, 0.05) is 13.6 Å². The summed E-state index contributed by atoms with van der Waals surface area (Å²) < 4.78 is 5.15. The van der Waals surface area contributed by atoms with E-state index >= 15 is 0 Å². The van der Waals surface area contributed by atoms with E-state index in [1.807, 2.05) is 49.5 Å². The minimum absolute atomic E-state index is 0.